The number of thiol groups is 1. The molecule has 1 spiro atoms. The lowest BCUT2D eigenvalue weighted by Gasteiger charge is -2.45. The second kappa shape index (κ2) is 7.19. The monoisotopic (exact) mass is 303 g/mol. The number of nitrogens with zero attached hydrogens (tertiary/aromatic N) is 1. The van der Waals surface area contributed by atoms with Crippen molar-refractivity contribution in [2.75, 3.05) is 25.4 Å². The number of hydrogen-bond acceptors (Lipinski definition) is 2. The van der Waals surface area contributed by atoms with Gasteiger partial charge in [0.05, 0.1) is 0 Å². The lowest BCUT2D eigenvalue weighted by Crippen LogP contribution is -2.42. The predicted molar refractivity (Wildman–Crippen MR) is 94.2 cm³/mol. The van der Waals surface area contributed by atoms with Gasteiger partial charge < -0.3 is 4.90 Å². The van der Waals surface area contributed by atoms with E-state index in [1.54, 1.807) is 0 Å². The predicted octanol–water partition coefficient (Wildman–Crippen LogP) is 4.75. The number of rotatable bonds is 4. The second-order valence-corrected chi connectivity index (χ2v) is 7.52. The molecule has 0 aromatic heterocycles. The van der Waals surface area contributed by atoms with E-state index < -0.39 is 0 Å². The average Bonchev–Trinajstić information content (AvgIpc) is 2.56. The van der Waals surface area contributed by atoms with Gasteiger partial charge >= 0.3 is 0 Å². The van der Waals surface area contributed by atoms with Crippen molar-refractivity contribution in [3.8, 4) is 0 Å². The SMILES string of the molecule is SCC(CN1CCC2(CCCCC2)CC1)c1ccccc1. The van der Waals surface area contributed by atoms with E-state index in [1.165, 1.54) is 70.1 Å². The molecule has 21 heavy (non-hydrogen) atoms. The van der Waals surface area contributed by atoms with Gasteiger partial charge in [-0.25, -0.2) is 0 Å². The molecule has 0 amide bonds. The number of likely N-dealkylation sites (tertiary alicyclic amines) is 1. The van der Waals surface area contributed by atoms with Gasteiger partial charge in [0.1, 0.15) is 0 Å². The minimum atomic E-state index is 0.579. The Balaban J connectivity index is 1.54. The van der Waals surface area contributed by atoms with E-state index in [2.05, 4.69) is 47.9 Å². The summed E-state index contributed by atoms with van der Waals surface area (Å²) in [6, 6.07) is 10.9. The second-order valence-electron chi connectivity index (χ2n) is 7.15. The van der Waals surface area contributed by atoms with Gasteiger partial charge in [-0.2, -0.15) is 12.6 Å². The molecule has 3 rings (SSSR count). The lowest BCUT2D eigenvalue weighted by molar-refractivity contribution is 0.0657. The summed E-state index contributed by atoms with van der Waals surface area (Å²) in [7, 11) is 0. The van der Waals surface area contributed by atoms with Crippen LogP contribution in [0.15, 0.2) is 30.3 Å². The summed E-state index contributed by atoms with van der Waals surface area (Å²) in [5, 5.41) is 0. The lowest BCUT2D eigenvalue weighted by atomic mass is 9.68. The zero-order valence-corrected chi connectivity index (χ0v) is 14.0. The first-order valence-corrected chi connectivity index (χ1v) is 9.33. The van der Waals surface area contributed by atoms with Crippen molar-refractivity contribution >= 4 is 12.6 Å². The van der Waals surface area contributed by atoms with Crippen LogP contribution in [0.4, 0.5) is 0 Å². The first-order valence-electron chi connectivity index (χ1n) is 8.69. The van der Waals surface area contributed by atoms with Gasteiger partial charge in [0.15, 0.2) is 0 Å². The molecule has 1 saturated heterocycles. The molecule has 116 valence electrons. The maximum absolute atomic E-state index is 4.60. The van der Waals surface area contributed by atoms with Crippen LogP contribution in [0.3, 0.4) is 0 Å². The first kappa shape index (κ1) is 15.4. The molecular weight excluding hydrogens is 274 g/mol. The standard InChI is InChI=1S/C19H29NS/c21-16-18(17-7-3-1-4-8-17)15-20-13-11-19(12-14-20)9-5-2-6-10-19/h1,3-4,7-8,18,21H,2,5-6,9-16H2. The van der Waals surface area contributed by atoms with Gasteiger partial charge in [-0.15, -0.1) is 0 Å². The van der Waals surface area contributed by atoms with Crippen molar-refractivity contribution in [3.05, 3.63) is 35.9 Å². The highest BCUT2D eigenvalue weighted by Gasteiger charge is 2.35. The highest BCUT2D eigenvalue weighted by atomic mass is 32.1. The van der Waals surface area contributed by atoms with Gasteiger partial charge in [-0.3, -0.25) is 0 Å². The number of benzene rings is 1. The number of hydrogen-bond donors (Lipinski definition) is 1. The molecule has 1 aliphatic carbocycles. The zero-order chi connectivity index (χ0) is 14.5. The van der Waals surface area contributed by atoms with Crippen LogP contribution in [0, 0.1) is 5.41 Å². The Hall–Kier alpha value is -0.470. The van der Waals surface area contributed by atoms with Crippen molar-refractivity contribution in [3.63, 3.8) is 0 Å². The molecule has 0 radical (unpaired) electrons. The largest absolute Gasteiger partial charge is 0.303 e. The summed E-state index contributed by atoms with van der Waals surface area (Å²) >= 11 is 4.60. The van der Waals surface area contributed by atoms with Gasteiger partial charge in [0.25, 0.3) is 0 Å². The third-order valence-corrected chi connectivity index (χ3v) is 6.24. The Bertz CT molecular complexity index is 414. The Morgan fingerprint density at radius 3 is 2.24 bits per heavy atom. The van der Waals surface area contributed by atoms with E-state index in [-0.39, 0.29) is 0 Å². The number of piperidine rings is 1. The van der Waals surface area contributed by atoms with Crippen LogP contribution >= 0.6 is 12.6 Å². The third kappa shape index (κ3) is 3.84. The smallest absolute Gasteiger partial charge is 0.00581 e. The molecular formula is C19H29NS. The van der Waals surface area contributed by atoms with Crippen LogP contribution in [0.5, 0.6) is 0 Å². The van der Waals surface area contributed by atoms with E-state index in [4.69, 9.17) is 0 Å². The summed E-state index contributed by atoms with van der Waals surface area (Å²) < 4.78 is 0. The molecule has 1 aromatic rings. The van der Waals surface area contributed by atoms with Crippen molar-refractivity contribution < 1.29 is 0 Å². The van der Waals surface area contributed by atoms with Gasteiger partial charge in [-0.05, 0) is 55.5 Å². The molecule has 0 bridgehead atoms. The van der Waals surface area contributed by atoms with Crippen molar-refractivity contribution in [1.82, 2.24) is 4.90 Å². The molecule has 1 aliphatic heterocycles. The van der Waals surface area contributed by atoms with E-state index >= 15 is 0 Å². The molecule has 2 fully saturated rings. The van der Waals surface area contributed by atoms with E-state index in [1.807, 2.05) is 0 Å². The average molecular weight is 304 g/mol. The van der Waals surface area contributed by atoms with Crippen molar-refractivity contribution in [2.24, 2.45) is 5.41 Å². The Morgan fingerprint density at radius 2 is 1.62 bits per heavy atom. The first-order chi connectivity index (χ1) is 10.3. The molecule has 1 aromatic carbocycles. The van der Waals surface area contributed by atoms with E-state index in [0.29, 0.717) is 5.92 Å². The van der Waals surface area contributed by atoms with E-state index in [0.717, 1.165) is 11.2 Å². The van der Waals surface area contributed by atoms with Gasteiger partial charge in [0, 0.05) is 12.5 Å². The van der Waals surface area contributed by atoms with Crippen LogP contribution in [-0.4, -0.2) is 30.3 Å². The normalized spacial score (nSPS) is 24.0. The fourth-order valence-corrected chi connectivity index (χ4v) is 4.64. The Kier molecular flexibility index (Phi) is 5.29. The van der Waals surface area contributed by atoms with Gasteiger partial charge in [-0.1, -0.05) is 49.6 Å². The van der Waals surface area contributed by atoms with Crippen molar-refractivity contribution in [1.29, 1.82) is 0 Å². The third-order valence-electron chi connectivity index (χ3n) is 5.80. The highest BCUT2D eigenvalue weighted by Crippen LogP contribution is 2.44. The molecule has 1 unspecified atom stereocenters. The topological polar surface area (TPSA) is 3.24 Å². The Labute approximate surface area is 135 Å². The molecule has 2 heteroatoms. The van der Waals surface area contributed by atoms with E-state index in [9.17, 15) is 0 Å². The quantitative estimate of drug-likeness (QED) is 0.786. The maximum atomic E-state index is 4.60. The van der Waals surface area contributed by atoms with Crippen LogP contribution in [-0.2, 0) is 0 Å². The highest BCUT2D eigenvalue weighted by molar-refractivity contribution is 7.80. The van der Waals surface area contributed by atoms with Crippen LogP contribution < -0.4 is 0 Å². The summed E-state index contributed by atoms with van der Waals surface area (Å²) in [5.41, 5.74) is 2.17. The fraction of sp³-hybridized carbons (Fsp3) is 0.684. The van der Waals surface area contributed by atoms with Gasteiger partial charge in [0.2, 0.25) is 0 Å². The summed E-state index contributed by atoms with van der Waals surface area (Å²) in [6.45, 7) is 3.79. The summed E-state index contributed by atoms with van der Waals surface area (Å²) in [6.07, 6.45) is 10.3. The maximum Gasteiger partial charge on any atom is 0.00581 e. The molecule has 2 aliphatic rings. The molecule has 1 atom stereocenters. The zero-order valence-electron chi connectivity index (χ0n) is 13.1. The van der Waals surface area contributed by atoms with Crippen LogP contribution in [0.25, 0.3) is 0 Å². The van der Waals surface area contributed by atoms with Crippen LogP contribution in [0.1, 0.15) is 56.4 Å². The Morgan fingerprint density at radius 1 is 0.952 bits per heavy atom. The summed E-state index contributed by atoms with van der Waals surface area (Å²) in [4.78, 5) is 2.69. The van der Waals surface area contributed by atoms with Crippen molar-refractivity contribution in [2.45, 2.75) is 50.9 Å². The minimum absolute atomic E-state index is 0.579. The fourth-order valence-electron chi connectivity index (χ4n) is 4.32. The minimum Gasteiger partial charge on any atom is -0.303 e. The molecule has 1 heterocycles. The molecule has 1 nitrogen and oxygen atoms in total. The summed E-state index contributed by atoms with van der Waals surface area (Å²) in [5.74, 6) is 1.53. The molecule has 0 N–H and O–H groups in total. The molecule has 1 saturated carbocycles. The van der Waals surface area contributed by atoms with Crippen LogP contribution in [0.2, 0.25) is 0 Å².